The number of rotatable bonds is 5. The lowest BCUT2D eigenvalue weighted by Crippen LogP contribution is -2.00. The Morgan fingerprint density at radius 1 is 1.50 bits per heavy atom. The predicted molar refractivity (Wildman–Crippen MR) is 65.2 cm³/mol. The van der Waals surface area contributed by atoms with Crippen LogP contribution >= 0.6 is 12.6 Å². The maximum Gasteiger partial charge on any atom is 0.307 e. The second-order valence-electron chi connectivity index (χ2n) is 3.34. The van der Waals surface area contributed by atoms with Crippen LogP contribution in [-0.2, 0) is 11.2 Å². The van der Waals surface area contributed by atoms with E-state index in [0.29, 0.717) is 16.9 Å². The number of allylic oxidation sites excluding steroid dienone is 1. The average Bonchev–Trinajstić information content (AvgIpc) is 2.22. The van der Waals surface area contributed by atoms with Crippen LogP contribution in [0.4, 0.5) is 4.39 Å². The molecule has 0 saturated heterocycles. The van der Waals surface area contributed by atoms with E-state index in [1.165, 1.54) is 12.1 Å². The van der Waals surface area contributed by atoms with Crippen molar-refractivity contribution < 1.29 is 14.3 Å². The van der Waals surface area contributed by atoms with Gasteiger partial charge in [0.2, 0.25) is 0 Å². The summed E-state index contributed by atoms with van der Waals surface area (Å²) in [6, 6.07) is 4.33. The van der Waals surface area contributed by atoms with Gasteiger partial charge >= 0.3 is 5.97 Å². The molecule has 4 heteroatoms. The third-order valence-corrected chi connectivity index (χ3v) is 2.27. The molecular formula is C12H13FO2S. The van der Waals surface area contributed by atoms with Crippen molar-refractivity contribution in [2.45, 2.75) is 12.8 Å². The number of carbonyl (C=O) groups is 1. The fraction of sp³-hybridized carbons (Fsp3) is 0.250. The topological polar surface area (TPSA) is 37.3 Å². The average molecular weight is 240 g/mol. The van der Waals surface area contributed by atoms with E-state index < -0.39 is 5.97 Å². The molecule has 86 valence electrons. The molecule has 0 amide bonds. The first-order chi connectivity index (χ1) is 7.63. The van der Waals surface area contributed by atoms with E-state index in [4.69, 9.17) is 5.11 Å². The first kappa shape index (κ1) is 12.8. The lowest BCUT2D eigenvalue weighted by molar-refractivity contribution is -0.136. The summed E-state index contributed by atoms with van der Waals surface area (Å²) in [5.74, 6) is -0.561. The number of hydrogen-bond donors (Lipinski definition) is 2. The molecule has 0 spiro atoms. The van der Waals surface area contributed by atoms with E-state index in [2.05, 4.69) is 12.6 Å². The van der Waals surface area contributed by atoms with Gasteiger partial charge in [-0.3, -0.25) is 4.79 Å². The van der Waals surface area contributed by atoms with E-state index >= 15 is 0 Å². The van der Waals surface area contributed by atoms with Crippen molar-refractivity contribution in [3.8, 4) is 0 Å². The molecule has 1 N–H and O–H groups in total. The molecule has 2 nitrogen and oxygen atoms in total. The van der Waals surface area contributed by atoms with Gasteiger partial charge in [-0.1, -0.05) is 18.2 Å². The number of hydrogen-bond acceptors (Lipinski definition) is 2. The Balaban J connectivity index is 2.85. The molecule has 0 saturated carbocycles. The standard InChI is InChI=1S/C12H13FO2S/c13-11-5-4-9(8-12(14)15)7-10(11)3-1-2-6-16/h1,3-5,7,16H,2,6,8H2,(H,14,15). The Bertz CT molecular complexity index is 402. The zero-order valence-electron chi connectivity index (χ0n) is 8.69. The lowest BCUT2D eigenvalue weighted by atomic mass is 10.1. The Kier molecular flexibility index (Phi) is 5.05. The molecule has 0 aliphatic heterocycles. The zero-order valence-corrected chi connectivity index (χ0v) is 9.58. The molecule has 0 fully saturated rings. The van der Waals surface area contributed by atoms with Crippen molar-refractivity contribution in [3.63, 3.8) is 0 Å². The van der Waals surface area contributed by atoms with Crippen LogP contribution < -0.4 is 0 Å². The molecule has 1 aromatic rings. The van der Waals surface area contributed by atoms with E-state index in [1.54, 1.807) is 12.1 Å². The van der Waals surface area contributed by atoms with Crippen LogP contribution in [0, 0.1) is 5.82 Å². The number of halogens is 1. The van der Waals surface area contributed by atoms with Crippen LogP contribution in [0.2, 0.25) is 0 Å². The van der Waals surface area contributed by atoms with Crippen LogP contribution in [0.3, 0.4) is 0 Å². The molecule has 0 atom stereocenters. The van der Waals surface area contributed by atoms with Gasteiger partial charge in [-0.2, -0.15) is 12.6 Å². The fourth-order valence-corrected chi connectivity index (χ4v) is 1.44. The van der Waals surface area contributed by atoms with Gasteiger partial charge < -0.3 is 5.11 Å². The summed E-state index contributed by atoms with van der Waals surface area (Å²) in [6.07, 6.45) is 4.13. The summed E-state index contributed by atoms with van der Waals surface area (Å²) < 4.78 is 13.3. The quantitative estimate of drug-likeness (QED) is 0.776. The third kappa shape index (κ3) is 4.06. The number of thiol groups is 1. The van der Waals surface area contributed by atoms with Gasteiger partial charge in [0, 0.05) is 5.56 Å². The van der Waals surface area contributed by atoms with Gasteiger partial charge in [-0.25, -0.2) is 4.39 Å². The fourth-order valence-electron chi connectivity index (χ4n) is 1.29. The molecule has 0 unspecified atom stereocenters. The maximum absolute atomic E-state index is 13.3. The van der Waals surface area contributed by atoms with E-state index in [9.17, 15) is 9.18 Å². The number of aliphatic carboxylic acids is 1. The van der Waals surface area contributed by atoms with Gasteiger partial charge in [0.05, 0.1) is 6.42 Å². The third-order valence-electron chi connectivity index (χ3n) is 2.01. The normalized spacial score (nSPS) is 10.9. The molecule has 1 rings (SSSR count). The summed E-state index contributed by atoms with van der Waals surface area (Å²) in [5.41, 5.74) is 1.01. The summed E-state index contributed by atoms with van der Waals surface area (Å²) in [5, 5.41) is 8.62. The highest BCUT2D eigenvalue weighted by atomic mass is 32.1. The predicted octanol–water partition coefficient (Wildman–Crippen LogP) is 2.79. The first-order valence-corrected chi connectivity index (χ1v) is 5.54. The van der Waals surface area contributed by atoms with Gasteiger partial charge in [0.15, 0.2) is 0 Å². The van der Waals surface area contributed by atoms with E-state index in [0.717, 1.165) is 6.42 Å². The minimum atomic E-state index is -0.920. The van der Waals surface area contributed by atoms with Crippen LogP contribution in [0.1, 0.15) is 17.5 Å². The number of benzene rings is 1. The van der Waals surface area contributed by atoms with Crippen molar-refractivity contribution in [2.24, 2.45) is 0 Å². The Morgan fingerprint density at radius 2 is 2.25 bits per heavy atom. The van der Waals surface area contributed by atoms with Crippen LogP contribution in [0.15, 0.2) is 24.3 Å². The Labute approximate surface area is 99.2 Å². The molecule has 0 radical (unpaired) electrons. The van der Waals surface area contributed by atoms with Crippen LogP contribution in [0.5, 0.6) is 0 Å². The highest BCUT2D eigenvalue weighted by molar-refractivity contribution is 7.80. The summed E-state index contributed by atoms with van der Waals surface area (Å²) >= 11 is 4.04. The van der Waals surface area contributed by atoms with Gasteiger partial charge in [0.25, 0.3) is 0 Å². The SMILES string of the molecule is O=C(O)Cc1ccc(F)c(C=CCCS)c1. The molecule has 0 aliphatic carbocycles. The largest absolute Gasteiger partial charge is 0.481 e. The van der Waals surface area contributed by atoms with Crippen LogP contribution in [-0.4, -0.2) is 16.8 Å². The molecule has 0 heterocycles. The van der Waals surface area contributed by atoms with Crippen molar-refractivity contribution in [2.75, 3.05) is 5.75 Å². The lowest BCUT2D eigenvalue weighted by Gasteiger charge is -2.01. The van der Waals surface area contributed by atoms with Gasteiger partial charge in [-0.05, 0) is 29.9 Å². The minimum absolute atomic E-state index is 0.0896. The smallest absolute Gasteiger partial charge is 0.307 e. The monoisotopic (exact) mass is 240 g/mol. The second-order valence-corrected chi connectivity index (χ2v) is 3.79. The zero-order chi connectivity index (χ0) is 12.0. The molecule has 0 aliphatic rings. The number of carboxylic acid groups (broad SMARTS) is 1. The van der Waals surface area contributed by atoms with Crippen molar-refractivity contribution in [1.29, 1.82) is 0 Å². The minimum Gasteiger partial charge on any atom is -0.481 e. The maximum atomic E-state index is 13.3. The van der Waals surface area contributed by atoms with Gasteiger partial charge in [-0.15, -0.1) is 0 Å². The molecule has 0 aromatic heterocycles. The van der Waals surface area contributed by atoms with Crippen molar-refractivity contribution in [3.05, 3.63) is 41.2 Å². The Morgan fingerprint density at radius 3 is 2.88 bits per heavy atom. The van der Waals surface area contributed by atoms with Crippen LogP contribution in [0.25, 0.3) is 6.08 Å². The second kappa shape index (κ2) is 6.33. The number of carboxylic acids is 1. The van der Waals surface area contributed by atoms with Crippen molar-refractivity contribution in [1.82, 2.24) is 0 Å². The molecule has 1 aromatic carbocycles. The Hall–Kier alpha value is -1.29. The summed E-state index contributed by atoms with van der Waals surface area (Å²) in [4.78, 5) is 10.5. The molecule has 16 heavy (non-hydrogen) atoms. The summed E-state index contributed by atoms with van der Waals surface area (Å²) in [7, 11) is 0. The molecule has 0 bridgehead atoms. The summed E-state index contributed by atoms with van der Waals surface area (Å²) in [6.45, 7) is 0. The highest BCUT2D eigenvalue weighted by Gasteiger charge is 2.04. The van der Waals surface area contributed by atoms with E-state index in [1.807, 2.05) is 6.08 Å². The first-order valence-electron chi connectivity index (χ1n) is 4.91. The van der Waals surface area contributed by atoms with Crippen molar-refractivity contribution >= 4 is 24.7 Å². The van der Waals surface area contributed by atoms with Gasteiger partial charge in [0.1, 0.15) is 5.82 Å². The molecular weight excluding hydrogens is 227 g/mol. The highest BCUT2D eigenvalue weighted by Crippen LogP contribution is 2.13. The van der Waals surface area contributed by atoms with E-state index in [-0.39, 0.29) is 12.2 Å².